The minimum absolute atomic E-state index is 0.0232. The van der Waals surface area contributed by atoms with E-state index in [2.05, 4.69) is 20.4 Å². The monoisotopic (exact) mass is 507 g/mol. The van der Waals surface area contributed by atoms with Crippen molar-refractivity contribution in [3.05, 3.63) is 78.1 Å². The Morgan fingerprint density at radius 2 is 1.68 bits per heavy atom. The Bertz CT molecular complexity index is 1220. The standard InChI is InChI=1S/C27H27F2N5O3/c28-20-11-18(12-21(29)14-20)13-26(35)33-9-6-25(7-10-33)37-24-3-1-22(2-4-24)32-27(36)19-16-34(17-19)23-5-8-30-31-15-23/h1-5,8,11-12,14-15,19,25H,6-7,9-10,13,16-17H2,(H,32,36). The van der Waals surface area contributed by atoms with E-state index in [1.807, 2.05) is 30.3 Å². The third kappa shape index (κ3) is 6.19. The van der Waals surface area contributed by atoms with Gasteiger partial charge in [0.1, 0.15) is 23.5 Å². The molecule has 0 aliphatic carbocycles. The number of carbonyl (C=O) groups is 2. The van der Waals surface area contributed by atoms with E-state index in [9.17, 15) is 18.4 Å². The van der Waals surface area contributed by atoms with Crippen molar-refractivity contribution in [1.29, 1.82) is 0 Å². The van der Waals surface area contributed by atoms with Crippen LogP contribution in [0.25, 0.3) is 0 Å². The number of benzene rings is 2. The first-order valence-corrected chi connectivity index (χ1v) is 12.2. The van der Waals surface area contributed by atoms with Crippen LogP contribution in [0.5, 0.6) is 5.75 Å². The highest BCUT2D eigenvalue weighted by molar-refractivity contribution is 5.94. The van der Waals surface area contributed by atoms with Gasteiger partial charge in [-0.3, -0.25) is 9.59 Å². The lowest BCUT2D eigenvalue weighted by Gasteiger charge is -2.39. The maximum atomic E-state index is 13.4. The number of anilines is 2. The summed E-state index contributed by atoms with van der Waals surface area (Å²) in [4.78, 5) is 28.9. The molecular weight excluding hydrogens is 480 g/mol. The molecule has 0 saturated carbocycles. The van der Waals surface area contributed by atoms with Gasteiger partial charge in [0, 0.05) is 50.8 Å². The van der Waals surface area contributed by atoms with Gasteiger partial charge in [-0.25, -0.2) is 8.78 Å². The van der Waals surface area contributed by atoms with Crippen molar-refractivity contribution in [1.82, 2.24) is 15.1 Å². The summed E-state index contributed by atoms with van der Waals surface area (Å²) in [5.41, 5.74) is 1.99. The summed E-state index contributed by atoms with van der Waals surface area (Å²) in [6, 6.07) is 12.3. The highest BCUT2D eigenvalue weighted by Gasteiger charge is 2.33. The number of piperidine rings is 1. The third-order valence-corrected chi connectivity index (χ3v) is 6.68. The summed E-state index contributed by atoms with van der Waals surface area (Å²) >= 11 is 0. The van der Waals surface area contributed by atoms with Gasteiger partial charge >= 0.3 is 0 Å². The van der Waals surface area contributed by atoms with Crippen LogP contribution in [0, 0.1) is 17.6 Å². The van der Waals surface area contributed by atoms with Crippen LogP contribution in [0.3, 0.4) is 0 Å². The number of likely N-dealkylation sites (tertiary alicyclic amines) is 1. The molecule has 3 heterocycles. The Morgan fingerprint density at radius 3 is 2.32 bits per heavy atom. The smallest absolute Gasteiger partial charge is 0.231 e. The maximum Gasteiger partial charge on any atom is 0.231 e. The van der Waals surface area contributed by atoms with E-state index in [-0.39, 0.29) is 30.3 Å². The maximum absolute atomic E-state index is 13.4. The average molecular weight is 508 g/mol. The van der Waals surface area contributed by atoms with Crippen molar-refractivity contribution in [3.63, 3.8) is 0 Å². The molecule has 2 fully saturated rings. The van der Waals surface area contributed by atoms with E-state index in [1.54, 1.807) is 17.3 Å². The number of carbonyl (C=O) groups excluding carboxylic acids is 2. The van der Waals surface area contributed by atoms with Gasteiger partial charge in [0.15, 0.2) is 0 Å². The van der Waals surface area contributed by atoms with Gasteiger partial charge in [-0.1, -0.05) is 0 Å². The van der Waals surface area contributed by atoms with E-state index in [1.165, 1.54) is 12.1 Å². The van der Waals surface area contributed by atoms with Crippen LogP contribution in [0.4, 0.5) is 20.2 Å². The molecule has 2 saturated heterocycles. The van der Waals surface area contributed by atoms with Crippen molar-refractivity contribution < 1.29 is 23.1 Å². The highest BCUT2D eigenvalue weighted by Crippen LogP contribution is 2.26. The zero-order valence-corrected chi connectivity index (χ0v) is 20.1. The Kier molecular flexibility index (Phi) is 7.25. The van der Waals surface area contributed by atoms with Gasteiger partial charge in [-0.15, -0.1) is 0 Å². The number of halogens is 2. The molecule has 3 aromatic rings. The third-order valence-electron chi connectivity index (χ3n) is 6.68. The number of amides is 2. The molecule has 5 rings (SSSR count). The van der Waals surface area contributed by atoms with Crippen LogP contribution in [0.15, 0.2) is 60.9 Å². The molecule has 192 valence electrons. The second-order valence-electron chi connectivity index (χ2n) is 9.37. The number of hydrogen-bond donors (Lipinski definition) is 1. The van der Waals surface area contributed by atoms with Gasteiger partial charge in [-0.05, 0) is 48.0 Å². The van der Waals surface area contributed by atoms with E-state index in [0.717, 1.165) is 11.8 Å². The van der Waals surface area contributed by atoms with Crippen molar-refractivity contribution in [2.75, 3.05) is 36.4 Å². The first-order valence-electron chi connectivity index (χ1n) is 12.2. The van der Waals surface area contributed by atoms with E-state index in [4.69, 9.17) is 4.74 Å². The summed E-state index contributed by atoms with van der Waals surface area (Å²) in [7, 11) is 0. The lowest BCUT2D eigenvalue weighted by molar-refractivity contribution is -0.132. The molecule has 0 unspecified atom stereocenters. The number of hydrogen-bond acceptors (Lipinski definition) is 6. The minimum Gasteiger partial charge on any atom is -0.490 e. The molecule has 0 radical (unpaired) electrons. The molecule has 2 aliphatic rings. The zero-order chi connectivity index (χ0) is 25.8. The molecule has 2 aliphatic heterocycles. The normalized spacial score (nSPS) is 16.3. The van der Waals surface area contributed by atoms with E-state index < -0.39 is 11.6 Å². The molecule has 8 nitrogen and oxygen atoms in total. The zero-order valence-electron chi connectivity index (χ0n) is 20.1. The van der Waals surface area contributed by atoms with Gasteiger partial charge in [0.2, 0.25) is 11.8 Å². The molecule has 2 aromatic carbocycles. The fourth-order valence-corrected chi connectivity index (χ4v) is 4.60. The summed E-state index contributed by atoms with van der Waals surface area (Å²) < 4.78 is 32.8. The van der Waals surface area contributed by atoms with Crippen LogP contribution in [-0.4, -0.2) is 59.2 Å². The molecular formula is C27H27F2N5O3. The Balaban J connectivity index is 1.04. The fourth-order valence-electron chi connectivity index (χ4n) is 4.60. The molecule has 37 heavy (non-hydrogen) atoms. The summed E-state index contributed by atoms with van der Waals surface area (Å²) in [5.74, 6) is -0.946. The van der Waals surface area contributed by atoms with E-state index in [0.29, 0.717) is 56.0 Å². The molecule has 1 N–H and O–H groups in total. The van der Waals surface area contributed by atoms with E-state index >= 15 is 0 Å². The van der Waals surface area contributed by atoms with Crippen LogP contribution in [-0.2, 0) is 16.0 Å². The number of ether oxygens (including phenoxy) is 1. The van der Waals surface area contributed by atoms with Gasteiger partial charge in [0.25, 0.3) is 0 Å². The predicted molar refractivity (Wildman–Crippen MR) is 133 cm³/mol. The SMILES string of the molecule is O=C(Nc1ccc(OC2CCN(C(=O)Cc3cc(F)cc(F)c3)CC2)cc1)C1CN(c2ccnnc2)C1. The topological polar surface area (TPSA) is 87.7 Å². The van der Waals surface area contributed by atoms with Crippen molar-refractivity contribution in [3.8, 4) is 5.75 Å². The van der Waals surface area contributed by atoms with Crippen molar-refractivity contribution in [2.45, 2.75) is 25.4 Å². The number of nitrogens with one attached hydrogen (secondary N) is 1. The molecule has 10 heteroatoms. The Hall–Kier alpha value is -4.08. The fraction of sp³-hybridized carbons (Fsp3) is 0.333. The average Bonchev–Trinajstić information content (AvgIpc) is 2.85. The Labute approximate surface area is 213 Å². The van der Waals surface area contributed by atoms with Crippen molar-refractivity contribution >= 4 is 23.2 Å². The molecule has 0 bridgehead atoms. The van der Waals surface area contributed by atoms with Gasteiger partial charge < -0.3 is 19.9 Å². The lowest BCUT2D eigenvalue weighted by Crippen LogP contribution is -2.52. The quantitative estimate of drug-likeness (QED) is 0.527. The number of aromatic nitrogens is 2. The largest absolute Gasteiger partial charge is 0.490 e. The molecule has 0 atom stereocenters. The number of rotatable bonds is 7. The second kappa shape index (κ2) is 10.9. The lowest BCUT2D eigenvalue weighted by atomic mass is 9.98. The Morgan fingerprint density at radius 1 is 0.973 bits per heavy atom. The highest BCUT2D eigenvalue weighted by atomic mass is 19.1. The predicted octanol–water partition coefficient (Wildman–Crippen LogP) is 3.44. The van der Waals surface area contributed by atoms with Crippen LogP contribution in [0.2, 0.25) is 0 Å². The summed E-state index contributed by atoms with van der Waals surface area (Å²) in [5, 5.41) is 10.6. The number of nitrogens with zero attached hydrogens (tertiary/aromatic N) is 4. The van der Waals surface area contributed by atoms with Crippen molar-refractivity contribution in [2.24, 2.45) is 5.92 Å². The van der Waals surface area contributed by atoms with Crippen LogP contribution in [0.1, 0.15) is 18.4 Å². The van der Waals surface area contributed by atoms with Crippen LogP contribution >= 0.6 is 0 Å². The second-order valence-corrected chi connectivity index (χ2v) is 9.37. The molecule has 2 amide bonds. The molecule has 0 spiro atoms. The van der Waals surface area contributed by atoms with Gasteiger partial charge in [0.05, 0.1) is 30.4 Å². The summed E-state index contributed by atoms with van der Waals surface area (Å²) in [6.07, 6.45) is 4.56. The minimum atomic E-state index is -0.686. The molecule has 1 aromatic heterocycles. The summed E-state index contributed by atoms with van der Waals surface area (Å²) in [6.45, 7) is 2.31. The first kappa shape index (κ1) is 24.6. The first-order chi connectivity index (χ1) is 17.9. The van der Waals surface area contributed by atoms with Crippen LogP contribution < -0.4 is 15.0 Å². The van der Waals surface area contributed by atoms with Gasteiger partial charge in [-0.2, -0.15) is 10.2 Å².